The predicted molar refractivity (Wildman–Crippen MR) is 70.2 cm³/mol. The second-order valence-corrected chi connectivity index (χ2v) is 6.52. The lowest BCUT2D eigenvalue weighted by Gasteiger charge is -2.11. The first-order chi connectivity index (χ1) is 8.36. The molecule has 0 aliphatic heterocycles. The molecule has 1 rings (SSSR count). The third-order valence-corrected chi connectivity index (χ3v) is 4.26. The minimum absolute atomic E-state index is 0.119. The van der Waals surface area contributed by atoms with Crippen LogP contribution < -0.4 is 4.72 Å². The number of halogens is 2. The Balaban J connectivity index is 2.80. The van der Waals surface area contributed by atoms with Crippen LogP contribution in [-0.4, -0.2) is 26.2 Å². The van der Waals surface area contributed by atoms with Crippen LogP contribution in [0.3, 0.4) is 0 Å². The van der Waals surface area contributed by atoms with Crippen molar-refractivity contribution >= 4 is 26.0 Å². The molecular weight excluding hydrogens is 325 g/mol. The number of hydrogen-bond donors (Lipinski definition) is 2. The normalized spacial score (nSPS) is 13.6. The van der Waals surface area contributed by atoms with Gasteiger partial charge in [-0.2, -0.15) is 0 Å². The summed E-state index contributed by atoms with van der Waals surface area (Å²) in [5.74, 6) is -0.832. The van der Waals surface area contributed by atoms with Gasteiger partial charge in [0, 0.05) is 11.0 Å². The highest BCUT2D eigenvalue weighted by molar-refractivity contribution is 9.10. The summed E-state index contributed by atoms with van der Waals surface area (Å²) in [5.41, 5.74) is 0. The Bertz CT molecular complexity index is 507. The molecule has 4 nitrogen and oxygen atoms in total. The Labute approximate surface area is 114 Å². The highest BCUT2D eigenvalue weighted by Gasteiger charge is 2.19. The SMILES string of the molecule is CCCC(O)CNS(=O)(=O)c1ccc(Br)cc1F. The van der Waals surface area contributed by atoms with E-state index < -0.39 is 26.8 Å². The van der Waals surface area contributed by atoms with Crippen molar-refractivity contribution in [2.45, 2.75) is 30.8 Å². The Morgan fingerprint density at radius 3 is 2.72 bits per heavy atom. The molecule has 0 spiro atoms. The molecule has 102 valence electrons. The molecule has 0 aliphatic rings. The molecule has 0 saturated carbocycles. The van der Waals surface area contributed by atoms with Gasteiger partial charge in [-0.1, -0.05) is 29.3 Å². The van der Waals surface area contributed by atoms with Crippen LogP contribution >= 0.6 is 15.9 Å². The minimum atomic E-state index is -3.93. The van der Waals surface area contributed by atoms with Crippen molar-refractivity contribution in [3.05, 3.63) is 28.5 Å². The average Bonchev–Trinajstić information content (AvgIpc) is 2.26. The Morgan fingerprint density at radius 2 is 2.17 bits per heavy atom. The maximum atomic E-state index is 13.5. The largest absolute Gasteiger partial charge is 0.392 e. The van der Waals surface area contributed by atoms with E-state index in [0.717, 1.165) is 12.5 Å². The van der Waals surface area contributed by atoms with E-state index in [1.165, 1.54) is 12.1 Å². The minimum Gasteiger partial charge on any atom is -0.392 e. The molecule has 0 aliphatic carbocycles. The molecule has 0 amide bonds. The fourth-order valence-electron chi connectivity index (χ4n) is 1.41. The quantitative estimate of drug-likeness (QED) is 0.833. The van der Waals surface area contributed by atoms with E-state index in [4.69, 9.17) is 0 Å². The lowest BCUT2D eigenvalue weighted by molar-refractivity contribution is 0.167. The number of benzene rings is 1. The lowest BCUT2D eigenvalue weighted by atomic mass is 10.2. The van der Waals surface area contributed by atoms with Gasteiger partial charge in [0.05, 0.1) is 6.10 Å². The molecule has 18 heavy (non-hydrogen) atoms. The van der Waals surface area contributed by atoms with Gasteiger partial charge in [0.1, 0.15) is 10.7 Å². The molecule has 1 unspecified atom stereocenters. The van der Waals surface area contributed by atoms with E-state index >= 15 is 0 Å². The molecule has 0 saturated heterocycles. The van der Waals surface area contributed by atoms with Crippen LogP contribution in [0.25, 0.3) is 0 Å². The van der Waals surface area contributed by atoms with Gasteiger partial charge in [0.2, 0.25) is 10.0 Å². The monoisotopic (exact) mass is 339 g/mol. The number of aliphatic hydroxyl groups is 1. The summed E-state index contributed by atoms with van der Waals surface area (Å²) < 4.78 is 39.7. The number of aliphatic hydroxyl groups excluding tert-OH is 1. The summed E-state index contributed by atoms with van der Waals surface area (Å²) in [6.45, 7) is 1.76. The van der Waals surface area contributed by atoms with Gasteiger partial charge in [-0.05, 0) is 24.6 Å². The molecule has 7 heteroatoms. The van der Waals surface area contributed by atoms with E-state index in [2.05, 4.69) is 20.7 Å². The van der Waals surface area contributed by atoms with E-state index in [-0.39, 0.29) is 6.54 Å². The number of sulfonamides is 1. The van der Waals surface area contributed by atoms with Gasteiger partial charge in [-0.3, -0.25) is 0 Å². The third-order valence-electron chi connectivity index (χ3n) is 2.31. The maximum Gasteiger partial charge on any atom is 0.243 e. The predicted octanol–water partition coefficient (Wildman–Crippen LogP) is 2.03. The zero-order chi connectivity index (χ0) is 13.8. The zero-order valence-corrected chi connectivity index (χ0v) is 12.3. The van der Waals surface area contributed by atoms with E-state index in [9.17, 15) is 17.9 Å². The van der Waals surface area contributed by atoms with Crippen molar-refractivity contribution in [3.63, 3.8) is 0 Å². The molecule has 1 aromatic carbocycles. The zero-order valence-electron chi connectivity index (χ0n) is 9.86. The molecule has 2 N–H and O–H groups in total. The van der Waals surface area contributed by atoms with E-state index in [1.807, 2.05) is 6.92 Å². The lowest BCUT2D eigenvalue weighted by Crippen LogP contribution is -2.32. The molecule has 0 heterocycles. The number of nitrogens with one attached hydrogen (secondary N) is 1. The summed E-state index contributed by atoms with van der Waals surface area (Å²) >= 11 is 3.05. The van der Waals surface area contributed by atoms with Crippen LogP contribution in [0, 0.1) is 5.82 Å². The molecule has 0 radical (unpaired) electrons. The first kappa shape index (κ1) is 15.6. The Morgan fingerprint density at radius 1 is 1.50 bits per heavy atom. The second-order valence-electron chi connectivity index (χ2n) is 3.87. The molecule has 0 aromatic heterocycles. The first-order valence-electron chi connectivity index (χ1n) is 5.49. The smallest absolute Gasteiger partial charge is 0.243 e. The van der Waals surface area contributed by atoms with Gasteiger partial charge in [-0.15, -0.1) is 0 Å². The van der Waals surface area contributed by atoms with Crippen molar-refractivity contribution in [3.8, 4) is 0 Å². The highest BCUT2D eigenvalue weighted by Crippen LogP contribution is 2.19. The summed E-state index contributed by atoms with van der Waals surface area (Å²) in [4.78, 5) is -0.422. The van der Waals surface area contributed by atoms with Gasteiger partial charge >= 0.3 is 0 Å². The van der Waals surface area contributed by atoms with Crippen molar-refractivity contribution in [1.29, 1.82) is 0 Å². The van der Waals surface area contributed by atoms with Gasteiger partial charge in [0.25, 0.3) is 0 Å². The third kappa shape index (κ3) is 4.31. The van der Waals surface area contributed by atoms with Gasteiger partial charge in [0.15, 0.2) is 0 Å². The molecule has 1 atom stereocenters. The Hall–Kier alpha value is -0.500. The van der Waals surface area contributed by atoms with Crippen LogP contribution in [-0.2, 0) is 10.0 Å². The molecule has 0 fully saturated rings. The van der Waals surface area contributed by atoms with Crippen LogP contribution in [0.4, 0.5) is 4.39 Å². The first-order valence-corrected chi connectivity index (χ1v) is 7.77. The van der Waals surface area contributed by atoms with Gasteiger partial charge < -0.3 is 5.11 Å². The number of rotatable bonds is 6. The molecule has 0 bridgehead atoms. The second kappa shape index (κ2) is 6.60. The standard InChI is InChI=1S/C11H15BrFNO3S/c1-2-3-9(15)7-14-18(16,17)11-5-4-8(12)6-10(11)13/h4-6,9,14-15H,2-3,7H2,1H3. The topological polar surface area (TPSA) is 66.4 Å². The van der Waals surface area contributed by atoms with Crippen molar-refractivity contribution in [2.24, 2.45) is 0 Å². The fourth-order valence-corrected chi connectivity index (χ4v) is 2.88. The summed E-state index contributed by atoms with van der Waals surface area (Å²) in [6.07, 6.45) is 0.476. The fraction of sp³-hybridized carbons (Fsp3) is 0.455. The van der Waals surface area contributed by atoms with Crippen molar-refractivity contribution in [1.82, 2.24) is 4.72 Å². The van der Waals surface area contributed by atoms with Gasteiger partial charge in [-0.25, -0.2) is 17.5 Å². The highest BCUT2D eigenvalue weighted by atomic mass is 79.9. The van der Waals surface area contributed by atoms with Crippen LogP contribution in [0.2, 0.25) is 0 Å². The maximum absolute atomic E-state index is 13.5. The van der Waals surface area contributed by atoms with Crippen LogP contribution in [0.5, 0.6) is 0 Å². The van der Waals surface area contributed by atoms with Crippen molar-refractivity contribution < 1.29 is 17.9 Å². The molecular formula is C11H15BrFNO3S. The number of hydrogen-bond acceptors (Lipinski definition) is 3. The summed E-state index contributed by atoms with van der Waals surface area (Å²) in [5, 5.41) is 9.44. The van der Waals surface area contributed by atoms with Crippen molar-refractivity contribution in [2.75, 3.05) is 6.54 Å². The molecule has 1 aromatic rings. The van der Waals surface area contributed by atoms with Crippen LogP contribution in [0.15, 0.2) is 27.6 Å². The Kier molecular flexibility index (Phi) is 5.71. The average molecular weight is 340 g/mol. The van der Waals surface area contributed by atoms with E-state index in [0.29, 0.717) is 10.9 Å². The summed E-state index contributed by atoms with van der Waals surface area (Å²) in [7, 11) is -3.93. The van der Waals surface area contributed by atoms with Crippen LogP contribution in [0.1, 0.15) is 19.8 Å². The summed E-state index contributed by atoms with van der Waals surface area (Å²) in [6, 6.07) is 3.70. The van der Waals surface area contributed by atoms with E-state index in [1.54, 1.807) is 0 Å².